The zero-order valence-corrected chi connectivity index (χ0v) is 19.5. The number of sulfone groups is 1. The predicted molar refractivity (Wildman–Crippen MR) is 128 cm³/mol. The van der Waals surface area contributed by atoms with E-state index < -0.39 is 26.9 Å². The summed E-state index contributed by atoms with van der Waals surface area (Å²) in [6.07, 6.45) is 4.33. The molecule has 176 valence electrons. The minimum absolute atomic E-state index is 0.0489. The van der Waals surface area contributed by atoms with Crippen LogP contribution in [0, 0.1) is 0 Å². The molecule has 0 spiro atoms. The van der Waals surface area contributed by atoms with Crippen molar-refractivity contribution in [2.75, 3.05) is 30.2 Å². The molecule has 3 aromatic rings. The molecule has 2 aromatic carbocycles. The van der Waals surface area contributed by atoms with Gasteiger partial charge in [-0.25, -0.2) is 8.42 Å². The van der Waals surface area contributed by atoms with Crippen molar-refractivity contribution < 1.29 is 18.3 Å². The lowest BCUT2D eigenvalue weighted by molar-refractivity contribution is 0.0691. The summed E-state index contributed by atoms with van der Waals surface area (Å²) in [4.78, 5) is 26.9. The number of nitrogens with zero attached hydrogens (tertiary/aromatic N) is 3. The number of hydrogen-bond acceptors (Lipinski definition) is 6. The van der Waals surface area contributed by atoms with Crippen LogP contribution in [-0.4, -0.2) is 54.2 Å². The Balaban J connectivity index is 1.72. The Morgan fingerprint density at radius 2 is 1.53 bits per heavy atom. The van der Waals surface area contributed by atoms with Crippen molar-refractivity contribution in [2.45, 2.75) is 18.9 Å². The van der Waals surface area contributed by atoms with Crippen LogP contribution in [0.5, 0.6) is 5.75 Å². The Bertz CT molecular complexity index is 1400. The summed E-state index contributed by atoms with van der Waals surface area (Å²) >= 11 is 0. The number of aryl methyl sites for hydroxylation is 2. The van der Waals surface area contributed by atoms with E-state index in [0.717, 1.165) is 30.2 Å². The summed E-state index contributed by atoms with van der Waals surface area (Å²) in [5, 5.41) is 12.5. The van der Waals surface area contributed by atoms with Crippen molar-refractivity contribution in [2.24, 2.45) is 0 Å². The molecule has 0 radical (unpaired) electrons. The van der Waals surface area contributed by atoms with Crippen LogP contribution in [0.15, 0.2) is 65.6 Å². The lowest BCUT2D eigenvalue weighted by Crippen LogP contribution is -2.56. The standard InChI is InChI=1S/C25H25N3O5S/c1-34(32,33)15-14-26-16-28(27-13-12-21(29)24(30)23(27)25(26)31)22-19-8-4-2-6-17(19)10-11-18-7-3-5-9-20(18)22/h2-9,12-13,22,30H,10-11,14-16H2,1H3. The minimum Gasteiger partial charge on any atom is -0.502 e. The van der Waals surface area contributed by atoms with Gasteiger partial charge in [-0.05, 0) is 35.1 Å². The van der Waals surface area contributed by atoms with Gasteiger partial charge in [0.2, 0.25) is 5.43 Å². The summed E-state index contributed by atoms with van der Waals surface area (Å²) in [5.74, 6) is -1.44. The summed E-state index contributed by atoms with van der Waals surface area (Å²) in [6, 6.07) is 17.2. The number of hydrogen-bond donors (Lipinski definition) is 1. The number of aromatic nitrogens is 1. The van der Waals surface area contributed by atoms with Crippen LogP contribution in [0.1, 0.15) is 38.8 Å². The third-order valence-electron chi connectivity index (χ3n) is 6.53. The molecule has 0 fully saturated rings. The molecule has 0 atom stereocenters. The minimum atomic E-state index is -3.33. The van der Waals surface area contributed by atoms with Crippen LogP contribution in [0.25, 0.3) is 0 Å². The van der Waals surface area contributed by atoms with Crippen LogP contribution in [-0.2, 0) is 22.7 Å². The molecule has 1 aliphatic carbocycles. The summed E-state index contributed by atoms with van der Waals surface area (Å²) in [6.45, 7) is 0.0453. The second-order valence-electron chi connectivity index (χ2n) is 8.80. The number of carbonyl (C=O) groups excluding carboxylic acids is 1. The second-order valence-corrected chi connectivity index (χ2v) is 11.1. The fraction of sp³-hybridized carbons (Fsp3) is 0.280. The first-order chi connectivity index (χ1) is 16.2. The van der Waals surface area contributed by atoms with E-state index >= 15 is 0 Å². The Kier molecular flexibility index (Phi) is 5.44. The van der Waals surface area contributed by atoms with E-state index in [1.807, 2.05) is 29.3 Å². The second kappa shape index (κ2) is 8.32. The van der Waals surface area contributed by atoms with Crippen molar-refractivity contribution in [3.63, 3.8) is 0 Å². The van der Waals surface area contributed by atoms with E-state index in [-0.39, 0.29) is 30.7 Å². The monoisotopic (exact) mass is 479 g/mol. The van der Waals surface area contributed by atoms with Crippen molar-refractivity contribution in [3.05, 3.63) is 99.0 Å². The van der Waals surface area contributed by atoms with Gasteiger partial charge in [0.15, 0.2) is 11.4 Å². The quantitative estimate of drug-likeness (QED) is 0.613. The number of rotatable bonds is 4. The van der Waals surface area contributed by atoms with Crippen molar-refractivity contribution in [3.8, 4) is 5.75 Å². The Morgan fingerprint density at radius 1 is 0.941 bits per heavy atom. The SMILES string of the molecule is CS(=O)(=O)CCN1CN(C2c3ccccc3CCc3ccccc32)n2ccc(=O)c(O)c2C1=O. The maximum Gasteiger partial charge on any atom is 0.277 e. The first-order valence-corrected chi connectivity index (χ1v) is 13.1. The zero-order valence-electron chi connectivity index (χ0n) is 18.7. The number of benzene rings is 2. The smallest absolute Gasteiger partial charge is 0.277 e. The molecule has 2 aliphatic rings. The highest BCUT2D eigenvalue weighted by Crippen LogP contribution is 2.38. The molecule has 1 N–H and O–H groups in total. The molecule has 0 unspecified atom stereocenters. The van der Waals surface area contributed by atoms with E-state index in [9.17, 15) is 23.1 Å². The third kappa shape index (κ3) is 3.86. The normalized spacial score (nSPS) is 16.0. The van der Waals surface area contributed by atoms with Crippen LogP contribution >= 0.6 is 0 Å². The predicted octanol–water partition coefficient (Wildman–Crippen LogP) is 1.84. The largest absolute Gasteiger partial charge is 0.502 e. The summed E-state index contributed by atoms with van der Waals surface area (Å²) in [7, 11) is -3.33. The molecule has 0 bridgehead atoms. The highest BCUT2D eigenvalue weighted by atomic mass is 32.2. The molecule has 34 heavy (non-hydrogen) atoms. The molecule has 2 heterocycles. The first kappa shape index (κ1) is 22.2. The van der Waals surface area contributed by atoms with Gasteiger partial charge in [0.25, 0.3) is 5.91 Å². The highest BCUT2D eigenvalue weighted by Gasteiger charge is 2.38. The molecule has 1 aromatic heterocycles. The van der Waals surface area contributed by atoms with Gasteiger partial charge in [-0.2, -0.15) is 0 Å². The first-order valence-electron chi connectivity index (χ1n) is 11.1. The fourth-order valence-corrected chi connectivity index (χ4v) is 5.41. The van der Waals surface area contributed by atoms with Gasteiger partial charge in [-0.15, -0.1) is 0 Å². The van der Waals surface area contributed by atoms with Gasteiger partial charge in [0, 0.05) is 25.1 Å². The van der Waals surface area contributed by atoms with Crippen LogP contribution < -0.4 is 10.4 Å². The van der Waals surface area contributed by atoms with Crippen molar-refractivity contribution >= 4 is 15.7 Å². The van der Waals surface area contributed by atoms with E-state index in [4.69, 9.17) is 0 Å². The third-order valence-corrected chi connectivity index (χ3v) is 7.45. The van der Waals surface area contributed by atoms with Crippen molar-refractivity contribution in [1.82, 2.24) is 9.58 Å². The molecular formula is C25H25N3O5S. The van der Waals surface area contributed by atoms with Gasteiger partial charge >= 0.3 is 0 Å². The Morgan fingerprint density at radius 3 is 2.12 bits per heavy atom. The number of pyridine rings is 1. The number of aromatic hydroxyl groups is 1. The van der Waals surface area contributed by atoms with Gasteiger partial charge in [0.05, 0.1) is 11.8 Å². The summed E-state index contributed by atoms with van der Waals surface area (Å²) in [5.41, 5.74) is 3.66. The highest BCUT2D eigenvalue weighted by molar-refractivity contribution is 7.90. The van der Waals surface area contributed by atoms with Crippen LogP contribution in [0.4, 0.5) is 0 Å². The molecular weight excluding hydrogens is 454 g/mol. The number of carbonyl (C=O) groups is 1. The Hall–Kier alpha value is -3.59. The molecule has 1 aliphatic heterocycles. The van der Waals surface area contributed by atoms with Gasteiger partial charge in [-0.3, -0.25) is 19.3 Å². The lowest BCUT2D eigenvalue weighted by Gasteiger charge is -2.44. The average molecular weight is 480 g/mol. The molecule has 8 nitrogen and oxygen atoms in total. The van der Waals surface area contributed by atoms with E-state index in [1.54, 1.807) is 4.68 Å². The maximum absolute atomic E-state index is 13.3. The van der Waals surface area contributed by atoms with Gasteiger partial charge < -0.3 is 10.0 Å². The number of amides is 1. The van der Waals surface area contributed by atoms with Gasteiger partial charge in [0.1, 0.15) is 16.5 Å². The molecule has 0 saturated carbocycles. The van der Waals surface area contributed by atoms with E-state index in [2.05, 4.69) is 24.3 Å². The van der Waals surface area contributed by atoms with E-state index in [1.165, 1.54) is 28.3 Å². The maximum atomic E-state index is 13.3. The summed E-state index contributed by atoms with van der Waals surface area (Å²) < 4.78 is 25.2. The van der Waals surface area contributed by atoms with Crippen LogP contribution in [0.2, 0.25) is 0 Å². The average Bonchev–Trinajstić information content (AvgIpc) is 2.97. The van der Waals surface area contributed by atoms with Gasteiger partial charge in [-0.1, -0.05) is 48.5 Å². The molecule has 5 rings (SSSR count). The lowest BCUT2D eigenvalue weighted by atomic mass is 9.94. The van der Waals surface area contributed by atoms with E-state index in [0.29, 0.717) is 0 Å². The van der Waals surface area contributed by atoms with Crippen molar-refractivity contribution in [1.29, 1.82) is 0 Å². The molecule has 0 saturated heterocycles. The Labute approximate surface area is 197 Å². The van der Waals surface area contributed by atoms with Crippen LogP contribution in [0.3, 0.4) is 0 Å². The fourth-order valence-electron chi connectivity index (χ4n) is 4.86. The zero-order chi connectivity index (χ0) is 24.0. The topological polar surface area (TPSA) is 99.9 Å². The molecule has 1 amide bonds. The number of fused-ring (bicyclic) bond motifs is 3. The molecule has 9 heteroatoms.